The van der Waals surface area contributed by atoms with Crippen LogP contribution in [0.5, 0.6) is 5.75 Å². The lowest BCUT2D eigenvalue weighted by Gasteiger charge is -2.11. The molecule has 3 aromatic rings. The highest BCUT2D eigenvalue weighted by atomic mass is 32.1. The van der Waals surface area contributed by atoms with E-state index in [1.165, 1.54) is 6.92 Å². The maximum Gasteiger partial charge on any atom is 0.221 e. The summed E-state index contributed by atoms with van der Waals surface area (Å²) in [6.45, 7) is 2.20. The molecule has 5 nitrogen and oxygen atoms in total. The Morgan fingerprint density at radius 2 is 2.13 bits per heavy atom. The van der Waals surface area contributed by atoms with E-state index in [0.717, 1.165) is 20.8 Å². The number of nitrogens with two attached hydrogens (primary N) is 1. The van der Waals surface area contributed by atoms with E-state index in [2.05, 4.69) is 10.3 Å². The number of carbonyl (C=O) groups excluding carboxylic acids is 1. The van der Waals surface area contributed by atoms with Crippen molar-refractivity contribution >= 4 is 33.1 Å². The predicted octanol–water partition coefficient (Wildman–Crippen LogP) is 3.29. The van der Waals surface area contributed by atoms with Gasteiger partial charge in [-0.3, -0.25) is 4.79 Å². The molecular weight excluding hydrogens is 310 g/mol. The molecule has 2 aromatic carbocycles. The molecule has 1 amide bonds. The Labute approximate surface area is 138 Å². The SMILES string of the molecule is CC(=O)Nc1ccc(OCc2nc3ccccc3s2)cc1CN. The van der Waals surface area contributed by atoms with E-state index in [9.17, 15) is 4.79 Å². The van der Waals surface area contributed by atoms with Crippen molar-refractivity contribution in [2.75, 3.05) is 5.32 Å². The van der Waals surface area contributed by atoms with Crippen molar-refractivity contribution in [3.05, 3.63) is 53.0 Å². The molecule has 0 spiro atoms. The Morgan fingerprint density at radius 1 is 1.30 bits per heavy atom. The third kappa shape index (κ3) is 3.67. The topological polar surface area (TPSA) is 77.2 Å². The van der Waals surface area contributed by atoms with Gasteiger partial charge < -0.3 is 15.8 Å². The van der Waals surface area contributed by atoms with Crippen LogP contribution in [0.3, 0.4) is 0 Å². The Morgan fingerprint density at radius 3 is 2.87 bits per heavy atom. The van der Waals surface area contributed by atoms with Gasteiger partial charge in [0.1, 0.15) is 17.4 Å². The number of nitrogens with one attached hydrogen (secondary N) is 1. The molecule has 0 aliphatic rings. The molecule has 0 radical (unpaired) electrons. The second-order valence-electron chi connectivity index (χ2n) is 5.07. The summed E-state index contributed by atoms with van der Waals surface area (Å²) in [6, 6.07) is 13.5. The molecule has 6 heteroatoms. The van der Waals surface area contributed by atoms with Gasteiger partial charge in [0.25, 0.3) is 0 Å². The first kappa shape index (κ1) is 15.5. The third-order valence-electron chi connectivity index (χ3n) is 3.31. The summed E-state index contributed by atoms with van der Waals surface area (Å²) in [4.78, 5) is 15.7. The lowest BCUT2D eigenvalue weighted by molar-refractivity contribution is -0.114. The molecule has 3 N–H and O–H groups in total. The van der Waals surface area contributed by atoms with Crippen LogP contribution in [0.2, 0.25) is 0 Å². The summed E-state index contributed by atoms with van der Waals surface area (Å²) < 4.78 is 6.95. The van der Waals surface area contributed by atoms with E-state index >= 15 is 0 Å². The van der Waals surface area contributed by atoms with Crippen LogP contribution < -0.4 is 15.8 Å². The molecule has 0 aliphatic heterocycles. The molecule has 3 rings (SSSR count). The van der Waals surface area contributed by atoms with E-state index < -0.39 is 0 Å². The van der Waals surface area contributed by atoms with Crippen molar-refractivity contribution in [1.82, 2.24) is 4.98 Å². The van der Waals surface area contributed by atoms with Crippen LogP contribution in [0.15, 0.2) is 42.5 Å². The Bertz CT molecular complexity index is 812. The molecular formula is C17H17N3O2S. The van der Waals surface area contributed by atoms with Crippen LogP contribution >= 0.6 is 11.3 Å². The van der Waals surface area contributed by atoms with Crippen LogP contribution in [0, 0.1) is 0 Å². The smallest absolute Gasteiger partial charge is 0.221 e. The highest BCUT2D eigenvalue weighted by molar-refractivity contribution is 7.18. The Balaban J connectivity index is 1.73. The van der Waals surface area contributed by atoms with Crippen molar-refractivity contribution in [3.63, 3.8) is 0 Å². The highest BCUT2D eigenvalue weighted by Crippen LogP contribution is 2.25. The van der Waals surface area contributed by atoms with Crippen LogP contribution in [0.25, 0.3) is 10.2 Å². The fourth-order valence-electron chi connectivity index (χ4n) is 2.27. The van der Waals surface area contributed by atoms with E-state index in [4.69, 9.17) is 10.5 Å². The number of ether oxygens (including phenoxy) is 1. The molecule has 0 atom stereocenters. The van der Waals surface area contributed by atoms with Gasteiger partial charge in [-0.1, -0.05) is 12.1 Å². The van der Waals surface area contributed by atoms with E-state index in [1.807, 2.05) is 36.4 Å². The van der Waals surface area contributed by atoms with Gasteiger partial charge in [0.15, 0.2) is 0 Å². The summed E-state index contributed by atoms with van der Waals surface area (Å²) in [5.74, 6) is 0.585. The first-order valence-electron chi connectivity index (χ1n) is 7.23. The summed E-state index contributed by atoms with van der Waals surface area (Å²) >= 11 is 1.62. The zero-order valence-electron chi connectivity index (χ0n) is 12.7. The number of amides is 1. The van der Waals surface area contributed by atoms with Gasteiger partial charge in [-0.25, -0.2) is 4.98 Å². The fourth-order valence-corrected chi connectivity index (χ4v) is 3.15. The second-order valence-corrected chi connectivity index (χ2v) is 6.18. The van der Waals surface area contributed by atoms with Gasteiger partial charge in [-0.05, 0) is 35.9 Å². The van der Waals surface area contributed by atoms with Gasteiger partial charge in [-0.2, -0.15) is 0 Å². The number of hydrogen-bond acceptors (Lipinski definition) is 5. The van der Waals surface area contributed by atoms with Crippen LogP contribution in [0.1, 0.15) is 17.5 Å². The zero-order valence-corrected chi connectivity index (χ0v) is 13.5. The predicted molar refractivity (Wildman–Crippen MR) is 92.6 cm³/mol. The van der Waals surface area contributed by atoms with Gasteiger partial charge in [0.2, 0.25) is 5.91 Å². The molecule has 1 aromatic heterocycles. The van der Waals surface area contributed by atoms with Gasteiger partial charge >= 0.3 is 0 Å². The number of anilines is 1. The summed E-state index contributed by atoms with van der Waals surface area (Å²) in [6.07, 6.45) is 0. The van der Waals surface area contributed by atoms with Gasteiger partial charge in [0.05, 0.1) is 10.2 Å². The first-order valence-corrected chi connectivity index (χ1v) is 8.05. The minimum atomic E-state index is -0.122. The maximum atomic E-state index is 11.2. The Kier molecular flexibility index (Phi) is 4.55. The molecule has 118 valence electrons. The highest BCUT2D eigenvalue weighted by Gasteiger charge is 2.07. The average Bonchev–Trinajstić information content (AvgIpc) is 2.96. The zero-order chi connectivity index (χ0) is 16.2. The molecule has 23 heavy (non-hydrogen) atoms. The van der Waals surface area contributed by atoms with Crippen molar-refractivity contribution in [1.29, 1.82) is 0 Å². The number of rotatable bonds is 5. The lowest BCUT2D eigenvalue weighted by atomic mass is 10.1. The van der Waals surface area contributed by atoms with Crippen molar-refractivity contribution in [3.8, 4) is 5.75 Å². The average molecular weight is 327 g/mol. The van der Waals surface area contributed by atoms with Gasteiger partial charge in [-0.15, -0.1) is 11.3 Å². The molecule has 0 saturated carbocycles. The van der Waals surface area contributed by atoms with Crippen LogP contribution in [-0.4, -0.2) is 10.9 Å². The second kappa shape index (κ2) is 6.76. The van der Waals surface area contributed by atoms with Crippen molar-refractivity contribution in [2.45, 2.75) is 20.1 Å². The maximum absolute atomic E-state index is 11.2. The number of para-hydroxylation sites is 1. The lowest BCUT2D eigenvalue weighted by Crippen LogP contribution is -2.10. The number of carbonyl (C=O) groups is 1. The first-order chi connectivity index (χ1) is 11.2. The number of aromatic nitrogens is 1. The van der Waals surface area contributed by atoms with E-state index in [-0.39, 0.29) is 5.91 Å². The van der Waals surface area contributed by atoms with Crippen molar-refractivity contribution in [2.24, 2.45) is 5.73 Å². The molecule has 0 bridgehead atoms. The van der Waals surface area contributed by atoms with Gasteiger partial charge in [0, 0.05) is 19.2 Å². The van der Waals surface area contributed by atoms with Crippen LogP contribution in [-0.2, 0) is 17.9 Å². The Hall–Kier alpha value is -2.44. The third-order valence-corrected chi connectivity index (χ3v) is 4.32. The molecule has 1 heterocycles. The number of benzene rings is 2. The monoisotopic (exact) mass is 327 g/mol. The van der Waals surface area contributed by atoms with Crippen LogP contribution in [0.4, 0.5) is 5.69 Å². The van der Waals surface area contributed by atoms with E-state index in [1.54, 1.807) is 17.4 Å². The summed E-state index contributed by atoms with van der Waals surface area (Å²) in [5.41, 5.74) is 8.27. The summed E-state index contributed by atoms with van der Waals surface area (Å²) in [7, 11) is 0. The molecule has 0 aliphatic carbocycles. The van der Waals surface area contributed by atoms with Crippen molar-refractivity contribution < 1.29 is 9.53 Å². The normalized spacial score (nSPS) is 10.7. The molecule has 0 unspecified atom stereocenters. The number of thiazole rings is 1. The molecule has 0 fully saturated rings. The molecule has 0 saturated heterocycles. The fraction of sp³-hybridized carbons (Fsp3) is 0.176. The number of nitrogens with zero attached hydrogens (tertiary/aromatic N) is 1. The standard InChI is InChI=1S/C17H17N3O2S/c1-11(21)19-14-7-6-13(8-12(14)9-18)22-10-17-20-15-4-2-3-5-16(15)23-17/h2-8H,9-10,18H2,1H3,(H,19,21). The quantitative estimate of drug-likeness (QED) is 0.754. The number of hydrogen-bond donors (Lipinski definition) is 2. The van der Waals surface area contributed by atoms with E-state index in [0.29, 0.717) is 24.6 Å². The minimum absolute atomic E-state index is 0.122. The minimum Gasteiger partial charge on any atom is -0.486 e. The number of fused-ring (bicyclic) bond motifs is 1. The summed E-state index contributed by atoms with van der Waals surface area (Å²) in [5, 5.41) is 3.68. The largest absolute Gasteiger partial charge is 0.486 e.